The SMILES string of the molecule is Cl.Cl.N[C@H](C(=O)N1CCc2nc(-c3ccccc3)[nH]c2C1)C1CCCCC1. The summed E-state index contributed by atoms with van der Waals surface area (Å²) in [5.41, 5.74) is 9.53. The minimum Gasteiger partial charge on any atom is -0.340 e. The Labute approximate surface area is 172 Å². The van der Waals surface area contributed by atoms with E-state index in [1.165, 1.54) is 19.3 Å². The van der Waals surface area contributed by atoms with Gasteiger partial charge in [-0.3, -0.25) is 4.79 Å². The van der Waals surface area contributed by atoms with Gasteiger partial charge in [0.25, 0.3) is 0 Å². The molecule has 1 aromatic heterocycles. The molecule has 4 rings (SSSR count). The largest absolute Gasteiger partial charge is 0.340 e. The monoisotopic (exact) mass is 410 g/mol. The van der Waals surface area contributed by atoms with Crippen LogP contribution in [0.15, 0.2) is 30.3 Å². The Bertz CT molecular complexity index is 744. The van der Waals surface area contributed by atoms with Crippen molar-refractivity contribution in [1.82, 2.24) is 14.9 Å². The van der Waals surface area contributed by atoms with E-state index in [-0.39, 0.29) is 36.8 Å². The van der Waals surface area contributed by atoms with Crippen molar-refractivity contribution >= 4 is 30.7 Å². The van der Waals surface area contributed by atoms with Crippen molar-refractivity contribution in [1.29, 1.82) is 0 Å². The second-order valence-electron chi connectivity index (χ2n) is 7.31. The predicted molar refractivity (Wildman–Crippen MR) is 112 cm³/mol. The molecule has 27 heavy (non-hydrogen) atoms. The maximum atomic E-state index is 12.9. The van der Waals surface area contributed by atoms with Crippen LogP contribution >= 0.6 is 24.8 Å². The molecule has 7 heteroatoms. The number of fused-ring (bicyclic) bond motifs is 1. The van der Waals surface area contributed by atoms with Crippen molar-refractivity contribution < 1.29 is 4.79 Å². The summed E-state index contributed by atoms with van der Waals surface area (Å²) in [6, 6.07) is 9.77. The van der Waals surface area contributed by atoms with Crippen molar-refractivity contribution in [2.75, 3.05) is 6.54 Å². The van der Waals surface area contributed by atoms with Crippen LogP contribution in [0.3, 0.4) is 0 Å². The van der Waals surface area contributed by atoms with E-state index in [4.69, 9.17) is 10.7 Å². The van der Waals surface area contributed by atoms with E-state index in [2.05, 4.69) is 4.98 Å². The highest BCUT2D eigenvalue weighted by Gasteiger charge is 2.32. The molecule has 1 amide bonds. The van der Waals surface area contributed by atoms with Crippen LogP contribution in [0.2, 0.25) is 0 Å². The summed E-state index contributed by atoms with van der Waals surface area (Å²) in [6.07, 6.45) is 6.67. The fourth-order valence-corrected chi connectivity index (χ4v) is 4.12. The zero-order valence-electron chi connectivity index (χ0n) is 15.4. The van der Waals surface area contributed by atoms with E-state index in [0.717, 1.165) is 42.0 Å². The molecule has 1 aliphatic carbocycles. The van der Waals surface area contributed by atoms with Crippen LogP contribution in [0, 0.1) is 5.92 Å². The standard InChI is InChI=1S/C20H26N4O.2ClH/c21-18(14-7-3-1-4-8-14)20(25)24-12-11-16-17(13-24)23-19(22-16)15-9-5-2-6-10-15;;/h2,5-6,9-10,14,18H,1,3-4,7-8,11-13,21H2,(H,22,23);2*1H/t18-;;/m0../s1. The fourth-order valence-electron chi connectivity index (χ4n) is 4.12. The van der Waals surface area contributed by atoms with Gasteiger partial charge in [-0.05, 0) is 18.8 Å². The van der Waals surface area contributed by atoms with Gasteiger partial charge in [0.15, 0.2) is 0 Å². The van der Waals surface area contributed by atoms with Crippen LogP contribution in [-0.2, 0) is 17.8 Å². The number of nitrogens with two attached hydrogens (primary N) is 1. The van der Waals surface area contributed by atoms with E-state index in [1.807, 2.05) is 35.2 Å². The van der Waals surface area contributed by atoms with Crippen LogP contribution in [0.1, 0.15) is 43.5 Å². The van der Waals surface area contributed by atoms with E-state index >= 15 is 0 Å². The molecule has 2 heterocycles. The number of imidazole rings is 1. The minimum absolute atomic E-state index is 0. The zero-order valence-corrected chi connectivity index (χ0v) is 17.0. The van der Waals surface area contributed by atoms with Crippen molar-refractivity contribution in [3.05, 3.63) is 41.7 Å². The van der Waals surface area contributed by atoms with Crippen LogP contribution < -0.4 is 5.73 Å². The van der Waals surface area contributed by atoms with Gasteiger partial charge in [0.1, 0.15) is 5.82 Å². The minimum atomic E-state index is -0.349. The van der Waals surface area contributed by atoms with E-state index < -0.39 is 0 Å². The highest BCUT2D eigenvalue weighted by molar-refractivity contribution is 5.85. The molecule has 0 bridgehead atoms. The number of aromatic nitrogens is 2. The molecule has 1 aliphatic heterocycles. The van der Waals surface area contributed by atoms with Gasteiger partial charge in [-0.15, -0.1) is 24.8 Å². The second kappa shape index (κ2) is 9.58. The van der Waals surface area contributed by atoms with E-state index in [1.54, 1.807) is 0 Å². The number of benzene rings is 1. The van der Waals surface area contributed by atoms with Gasteiger partial charge in [0.05, 0.1) is 24.0 Å². The van der Waals surface area contributed by atoms with E-state index in [9.17, 15) is 4.79 Å². The summed E-state index contributed by atoms with van der Waals surface area (Å²) in [5.74, 6) is 1.34. The number of aromatic amines is 1. The molecule has 0 unspecified atom stereocenters. The quantitative estimate of drug-likeness (QED) is 0.809. The fraction of sp³-hybridized carbons (Fsp3) is 0.500. The van der Waals surface area contributed by atoms with Crippen molar-refractivity contribution in [3.63, 3.8) is 0 Å². The summed E-state index contributed by atoms with van der Waals surface area (Å²) in [7, 11) is 0. The van der Waals surface area contributed by atoms with Crippen molar-refractivity contribution in [2.45, 2.75) is 51.1 Å². The molecule has 148 valence electrons. The number of carbonyl (C=O) groups excluding carboxylic acids is 1. The number of carbonyl (C=O) groups is 1. The third-order valence-corrected chi connectivity index (χ3v) is 5.63. The van der Waals surface area contributed by atoms with Crippen molar-refractivity contribution in [3.8, 4) is 11.4 Å². The normalized spacial score (nSPS) is 18.0. The molecular formula is C20H28Cl2N4O. The molecule has 2 aliphatic rings. The maximum Gasteiger partial charge on any atom is 0.240 e. The predicted octanol–water partition coefficient (Wildman–Crippen LogP) is 3.71. The Morgan fingerprint density at radius 1 is 1.15 bits per heavy atom. The Morgan fingerprint density at radius 3 is 2.56 bits per heavy atom. The first-order chi connectivity index (χ1) is 12.2. The Morgan fingerprint density at radius 2 is 1.85 bits per heavy atom. The lowest BCUT2D eigenvalue weighted by Gasteiger charge is -2.33. The number of amides is 1. The number of H-pyrrole nitrogens is 1. The number of hydrogen-bond donors (Lipinski definition) is 2. The molecule has 1 atom stereocenters. The summed E-state index contributed by atoms with van der Waals surface area (Å²) in [5, 5.41) is 0. The average molecular weight is 411 g/mol. The Kier molecular flexibility index (Phi) is 7.71. The molecule has 3 N–H and O–H groups in total. The second-order valence-corrected chi connectivity index (χ2v) is 7.31. The summed E-state index contributed by atoms with van der Waals surface area (Å²) >= 11 is 0. The van der Waals surface area contributed by atoms with Gasteiger partial charge in [-0.25, -0.2) is 4.98 Å². The molecule has 1 saturated carbocycles. The summed E-state index contributed by atoms with van der Waals surface area (Å²) in [6.45, 7) is 1.31. The molecule has 0 saturated heterocycles. The van der Waals surface area contributed by atoms with Crippen molar-refractivity contribution in [2.24, 2.45) is 11.7 Å². The molecule has 1 aromatic carbocycles. The maximum absolute atomic E-state index is 12.9. The molecule has 0 radical (unpaired) electrons. The third-order valence-electron chi connectivity index (χ3n) is 5.63. The van der Waals surface area contributed by atoms with Gasteiger partial charge in [0.2, 0.25) is 5.91 Å². The Balaban J connectivity index is 0.00000131. The highest BCUT2D eigenvalue weighted by Crippen LogP contribution is 2.28. The number of nitrogens with zero attached hydrogens (tertiary/aromatic N) is 2. The van der Waals surface area contributed by atoms with Gasteiger partial charge < -0.3 is 15.6 Å². The number of hydrogen-bond acceptors (Lipinski definition) is 3. The van der Waals surface area contributed by atoms with Gasteiger partial charge in [-0.2, -0.15) is 0 Å². The average Bonchev–Trinajstić information content (AvgIpc) is 3.11. The van der Waals surface area contributed by atoms with Crippen LogP contribution in [0.5, 0.6) is 0 Å². The van der Waals surface area contributed by atoms with Gasteiger partial charge >= 0.3 is 0 Å². The van der Waals surface area contributed by atoms with Crippen LogP contribution in [0.25, 0.3) is 11.4 Å². The topological polar surface area (TPSA) is 75.0 Å². The van der Waals surface area contributed by atoms with Crippen LogP contribution in [-0.4, -0.2) is 33.4 Å². The first-order valence-corrected chi connectivity index (χ1v) is 9.40. The van der Waals surface area contributed by atoms with Crippen LogP contribution in [0.4, 0.5) is 0 Å². The number of rotatable bonds is 3. The molecule has 5 nitrogen and oxygen atoms in total. The lowest BCUT2D eigenvalue weighted by molar-refractivity contribution is -0.135. The summed E-state index contributed by atoms with van der Waals surface area (Å²) < 4.78 is 0. The summed E-state index contributed by atoms with van der Waals surface area (Å²) in [4.78, 5) is 22.9. The highest BCUT2D eigenvalue weighted by atomic mass is 35.5. The number of halogens is 2. The first-order valence-electron chi connectivity index (χ1n) is 9.40. The lowest BCUT2D eigenvalue weighted by atomic mass is 9.83. The first kappa shape index (κ1) is 21.7. The number of nitrogens with one attached hydrogen (secondary N) is 1. The zero-order chi connectivity index (χ0) is 17.2. The van der Waals surface area contributed by atoms with E-state index in [0.29, 0.717) is 19.0 Å². The van der Waals surface area contributed by atoms with Gasteiger partial charge in [0, 0.05) is 18.5 Å². The molecule has 1 fully saturated rings. The molecule has 0 spiro atoms. The third kappa shape index (κ3) is 4.65. The molecule has 2 aromatic rings. The van der Waals surface area contributed by atoms with Gasteiger partial charge in [-0.1, -0.05) is 49.6 Å². The molecular weight excluding hydrogens is 383 g/mol. The Hall–Kier alpha value is -1.56. The smallest absolute Gasteiger partial charge is 0.240 e. The lowest BCUT2D eigenvalue weighted by Crippen LogP contribution is -2.49.